The summed E-state index contributed by atoms with van der Waals surface area (Å²) in [6.07, 6.45) is 2.03. The first kappa shape index (κ1) is 11.2. The van der Waals surface area contributed by atoms with Gasteiger partial charge in [-0.15, -0.1) is 0 Å². The van der Waals surface area contributed by atoms with Crippen LogP contribution < -0.4 is 0 Å². The van der Waals surface area contributed by atoms with Gasteiger partial charge in [-0.1, -0.05) is 6.07 Å². The zero-order chi connectivity index (χ0) is 11.5. The molecule has 1 heterocycles. The summed E-state index contributed by atoms with van der Waals surface area (Å²) in [4.78, 5) is 2.09. The zero-order valence-electron chi connectivity index (χ0n) is 9.13. The van der Waals surface area contributed by atoms with Crippen molar-refractivity contribution in [3.63, 3.8) is 0 Å². The summed E-state index contributed by atoms with van der Waals surface area (Å²) in [5.74, 6) is 0.229. The fraction of sp³-hybridized carbons (Fsp3) is 0.500. The van der Waals surface area contributed by atoms with Gasteiger partial charge in [-0.3, -0.25) is 4.90 Å². The molecule has 0 bridgehead atoms. The van der Waals surface area contributed by atoms with Crippen LogP contribution in [0.1, 0.15) is 18.4 Å². The number of hydrogen-bond acceptors (Lipinski definition) is 4. The van der Waals surface area contributed by atoms with E-state index < -0.39 is 0 Å². The molecule has 1 unspecified atom stereocenters. The van der Waals surface area contributed by atoms with Gasteiger partial charge in [-0.25, -0.2) is 0 Å². The Kier molecular flexibility index (Phi) is 3.31. The average molecular weight is 223 g/mol. The molecule has 0 aliphatic carbocycles. The maximum Gasteiger partial charge on any atom is 0.123 e. The number of benzene rings is 1. The van der Waals surface area contributed by atoms with Crippen LogP contribution in [0.25, 0.3) is 0 Å². The van der Waals surface area contributed by atoms with Crippen molar-refractivity contribution in [2.75, 3.05) is 13.2 Å². The maximum absolute atomic E-state index is 9.66. The Morgan fingerprint density at radius 2 is 1.94 bits per heavy atom. The maximum atomic E-state index is 9.66. The zero-order valence-corrected chi connectivity index (χ0v) is 9.13. The molecule has 1 aromatic rings. The van der Waals surface area contributed by atoms with Crippen LogP contribution in [0.3, 0.4) is 0 Å². The van der Waals surface area contributed by atoms with E-state index in [0.717, 1.165) is 19.4 Å². The molecule has 16 heavy (non-hydrogen) atoms. The van der Waals surface area contributed by atoms with Crippen LogP contribution in [0, 0.1) is 0 Å². The number of hydrogen-bond donors (Lipinski definition) is 3. The number of nitrogens with zero attached hydrogens (tertiary/aromatic N) is 1. The monoisotopic (exact) mass is 223 g/mol. The number of phenols is 2. The van der Waals surface area contributed by atoms with Crippen molar-refractivity contribution in [2.24, 2.45) is 0 Å². The molecule has 2 rings (SSSR count). The van der Waals surface area contributed by atoms with E-state index in [2.05, 4.69) is 4.90 Å². The van der Waals surface area contributed by atoms with Gasteiger partial charge >= 0.3 is 0 Å². The highest BCUT2D eigenvalue weighted by atomic mass is 16.3. The highest BCUT2D eigenvalue weighted by molar-refractivity contribution is 5.42. The van der Waals surface area contributed by atoms with Crippen LogP contribution in [0.2, 0.25) is 0 Å². The molecular weight excluding hydrogens is 206 g/mol. The number of aliphatic hydroxyl groups excluding tert-OH is 1. The van der Waals surface area contributed by atoms with E-state index >= 15 is 0 Å². The lowest BCUT2D eigenvalue weighted by Crippen LogP contribution is -2.31. The molecule has 0 spiro atoms. The lowest BCUT2D eigenvalue weighted by atomic mass is 10.1. The van der Waals surface area contributed by atoms with Crippen molar-refractivity contribution < 1.29 is 15.3 Å². The fourth-order valence-electron chi connectivity index (χ4n) is 2.24. The number of phenolic OH excluding ortho intramolecular Hbond substituents is 2. The van der Waals surface area contributed by atoms with E-state index in [4.69, 9.17) is 0 Å². The lowest BCUT2D eigenvalue weighted by molar-refractivity contribution is 0.151. The second-order valence-electron chi connectivity index (χ2n) is 4.22. The van der Waals surface area contributed by atoms with E-state index in [-0.39, 0.29) is 24.1 Å². The van der Waals surface area contributed by atoms with Gasteiger partial charge in [0.1, 0.15) is 11.5 Å². The summed E-state index contributed by atoms with van der Waals surface area (Å²) in [6, 6.07) is 4.90. The van der Waals surface area contributed by atoms with E-state index in [1.54, 1.807) is 18.2 Å². The lowest BCUT2D eigenvalue weighted by Gasteiger charge is -2.23. The molecular formula is C12H17NO3. The third kappa shape index (κ3) is 2.13. The molecule has 4 heteroatoms. The SMILES string of the molecule is OCC1CCCN1Cc1c(O)cccc1O. The Labute approximate surface area is 94.8 Å². The van der Waals surface area contributed by atoms with Crippen LogP contribution in [0.5, 0.6) is 11.5 Å². The summed E-state index contributed by atoms with van der Waals surface area (Å²) in [5, 5.41) is 28.5. The van der Waals surface area contributed by atoms with Crippen molar-refractivity contribution in [2.45, 2.75) is 25.4 Å². The van der Waals surface area contributed by atoms with Gasteiger partial charge in [-0.2, -0.15) is 0 Å². The highest BCUT2D eigenvalue weighted by Crippen LogP contribution is 2.30. The molecule has 3 N–H and O–H groups in total. The molecule has 1 saturated heterocycles. The van der Waals surface area contributed by atoms with E-state index in [1.165, 1.54) is 0 Å². The Hall–Kier alpha value is -1.26. The molecule has 1 aromatic carbocycles. The largest absolute Gasteiger partial charge is 0.507 e. The van der Waals surface area contributed by atoms with Gasteiger partial charge in [0, 0.05) is 18.2 Å². The average Bonchev–Trinajstić information content (AvgIpc) is 2.71. The van der Waals surface area contributed by atoms with Gasteiger partial charge in [0.2, 0.25) is 0 Å². The van der Waals surface area contributed by atoms with Crippen LogP contribution in [0.4, 0.5) is 0 Å². The number of likely N-dealkylation sites (tertiary alicyclic amines) is 1. The molecule has 1 atom stereocenters. The minimum Gasteiger partial charge on any atom is -0.507 e. The van der Waals surface area contributed by atoms with Crippen molar-refractivity contribution in [1.29, 1.82) is 0 Å². The summed E-state index contributed by atoms with van der Waals surface area (Å²) >= 11 is 0. The van der Waals surface area contributed by atoms with Crippen LogP contribution in [0.15, 0.2) is 18.2 Å². The normalized spacial score (nSPS) is 21.4. The Morgan fingerprint density at radius 3 is 2.56 bits per heavy atom. The molecule has 4 nitrogen and oxygen atoms in total. The van der Waals surface area contributed by atoms with E-state index in [0.29, 0.717) is 12.1 Å². The number of aromatic hydroxyl groups is 2. The van der Waals surface area contributed by atoms with Gasteiger partial charge in [0.15, 0.2) is 0 Å². The third-order valence-electron chi connectivity index (χ3n) is 3.20. The van der Waals surface area contributed by atoms with Crippen molar-refractivity contribution in [3.8, 4) is 11.5 Å². The quantitative estimate of drug-likeness (QED) is 0.717. The van der Waals surface area contributed by atoms with Crippen molar-refractivity contribution >= 4 is 0 Å². The Morgan fingerprint density at radius 1 is 1.25 bits per heavy atom. The summed E-state index contributed by atoms with van der Waals surface area (Å²) in [7, 11) is 0. The molecule has 1 fully saturated rings. The van der Waals surface area contributed by atoms with E-state index in [1.807, 2.05) is 0 Å². The second kappa shape index (κ2) is 4.72. The molecule has 0 radical (unpaired) electrons. The molecule has 1 aliphatic rings. The summed E-state index contributed by atoms with van der Waals surface area (Å²) in [5.41, 5.74) is 0.544. The second-order valence-corrected chi connectivity index (χ2v) is 4.22. The number of rotatable bonds is 3. The Balaban J connectivity index is 2.14. The smallest absolute Gasteiger partial charge is 0.123 e. The molecule has 1 aliphatic heterocycles. The molecule has 0 aromatic heterocycles. The predicted octanol–water partition coefficient (Wildman–Crippen LogP) is 1.05. The standard InChI is InChI=1S/C12H17NO3/c14-8-9-3-2-6-13(9)7-10-11(15)4-1-5-12(10)16/h1,4-5,9,14-16H,2-3,6-8H2. The van der Waals surface area contributed by atoms with Crippen LogP contribution in [-0.2, 0) is 6.54 Å². The van der Waals surface area contributed by atoms with Gasteiger partial charge in [0.05, 0.1) is 6.61 Å². The minimum absolute atomic E-state index is 0.114. The molecule has 0 amide bonds. The summed E-state index contributed by atoms with van der Waals surface area (Å²) in [6.45, 7) is 1.52. The first-order chi connectivity index (χ1) is 7.72. The summed E-state index contributed by atoms with van der Waals surface area (Å²) < 4.78 is 0. The van der Waals surface area contributed by atoms with Crippen molar-refractivity contribution in [3.05, 3.63) is 23.8 Å². The van der Waals surface area contributed by atoms with Crippen LogP contribution >= 0.6 is 0 Å². The minimum atomic E-state index is 0.114. The number of aliphatic hydroxyl groups is 1. The van der Waals surface area contributed by atoms with Gasteiger partial charge in [0.25, 0.3) is 0 Å². The van der Waals surface area contributed by atoms with Gasteiger partial charge < -0.3 is 15.3 Å². The molecule has 0 saturated carbocycles. The topological polar surface area (TPSA) is 63.9 Å². The third-order valence-corrected chi connectivity index (χ3v) is 3.20. The first-order valence-corrected chi connectivity index (χ1v) is 5.57. The highest BCUT2D eigenvalue weighted by Gasteiger charge is 2.25. The van der Waals surface area contributed by atoms with Crippen LogP contribution in [-0.4, -0.2) is 39.4 Å². The van der Waals surface area contributed by atoms with E-state index in [9.17, 15) is 15.3 Å². The van der Waals surface area contributed by atoms with Crippen molar-refractivity contribution in [1.82, 2.24) is 4.90 Å². The predicted molar refractivity (Wildman–Crippen MR) is 60.3 cm³/mol. The Bertz CT molecular complexity index is 347. The van der Waals surface area contributed by atoms with Gasteiger partial charge in [-0.05, 0) is 31.5 Å². The molecule has 88 valence electrons. The first-order valence-electron chi connectivity index (χ1n) is 5.57. The fourth-order valence-corrected chi connectivity index (χ4v) is 2.24.